The smallest absolute Gasteiger partial charge is 0.0543 e. The molecule has 1 aromatic heterocycles. The SMILES string of the molecule is CCCCCCCCCCCCN(C)Cc1ccccn1. The first-order valence-electron chi connectivity index (χ1n) is 8.91. The number of nitrogens with zero attached hydrogens (tertiary/aromatic N) is 2. The molecule has 1 rings (SSSR count). The maximum absolute atomic E-state index is 4.38. The van der Waals surface area contributed by atoms with Crippen LogP contribution in [0.4, 0.5) is 0 Å². The minimum absolute atomic E-state index is 0.971. The highest BCUT2D eigenvalue weighted by Gasteiger charge is 2.00. The largest absolute Gasteiger partial charge is 0.301 e. The molecule has 2 nitrogen and oxygen atoms in total. The first-order chi connectivity index (χ1) is 10.3. The summed E-state index contributed by atoms with van der Waals surface area (Å²) in [5, 5.41) is 0. The van der Waals surface area contributed by atoms with Gasteiger partial charge in [-0.25, -0.2) is 0 Å². The fourth-order valence-corrected chi connectivity index (χ4v) is 2.72. The van der Waals surface area contributed by atoms with Crippen molar-refractivity contribution >= 4 is 0 Å². The van der Waals surface area contributed by atoms with Crippen molar-refractivity contribution in [2.45, 2.75) is 77.7 Å². The van der Waals surface area contributed by atoms with E-state index in [-0.39, 0.29) is 0 Å². The van der Waals surface area contributed by atoms with E-state index in [0.29, 0.717) is 0 Å². The lowest BCUT2D eigenvalue weighted by molar-refractivity contribution is 0.312. The molecule has 0 N–H and O–H groups in total. The molecule has 0 atom stereocenters. The summed E-state index contributed by atoms with van der Waals surface area (Å²) in [6.45, 7) is 4.44. The Morgan fingerprint density at radius 3 is 2.05 bits per heavy atom. The molecule has 0 saturated heterocycles. The van der Waals surface area contributed by atoms with E-state index in [1.807, 2.05) is 12.3 Å². The van der Waals surface area contributed by atoms with Crippen LogP contribution in [0.5, 0.6) is 0 Å². The number of rotatable bonds is 13. The van der Waals surface area contributed by atoms with E-state index in [9.17, 15) is 0 Å². The van der Waals surface area contributed by atoms with Gasteiger partial charge in [-0.15, -0.1) is 0 Å². The van der Waals surface area contributed by atoms with Crippen molar-refractivity contribution in [3.8, 4) is 0 Å². The summed E-state index contributed by atoms with van der Waals surface area (Å²) in [5.74, 6) is 0. The highest BCUT2D eigenvalue weighted by molar-refractivity contribution is 5.02. The van der Waals surface area contributed by atoms with Crippen LogP contribution in [-0.2, 0) is 6.54 Å². The summed E-state index contributed by atoms with van der Waals surface area (Å²) in [6.07, 6.45) is 15.9. The maximum Gasteiger partial charge on any atom is 0.0543 e. The number of pyridine rings is 1. The molecule has 2 heteroatoms. The van der Waals surface area contributed by atoms with E-state index in [0.717, 1.165) is 6.54 Å². The fourth-order valence-electron chi connectivity index (χ4n) is 2.72. The molecule has 0 fully saturated rings. The van der Waals surface area contributed by atoms with E-state index < -0.39 is 0 Å². The summed E-state index contributed by atoms with van der Waals surface area (Å²) in [5.41, 5.74) is 1.17. The van der Waals surface area contributed by atoms with Crippen LogP contribution in [-0.4, -0.2) is 23.5 Å². The molecule has 0 aliphatic heterocycles. The molecule has 0 bridgehead atoms. The highest BCUT2D eigenvalue weighted by Crippen LogP contribution is 2.11. The molecule has 21 heavy (non-hydrogen) atoms. The van der Waals surface area contributed by atoms with Crippen LogP contribution in [0.15, 0.2) is 24.4 Å². The number of aromatic nitrogens is 1. The van der Waals surface area contributed by atoms with Crippen molar-refractivity contribution in [1.82, 2.24) is 9.88 Å². The quantitative estimate of drug-likeness (QED) is 0.450. The standard InChI is InChI=1S/C19H34N2/c1-3-4-5-6-7-8-9-10-11-14-17-21(2)18-19-15-12-13-16-20-19/h12-13,15-16H,3-11,14,17-18H2,1-2H3. The van der Waals surface area contributed by atoms with Crippen LogP contribution in [0.2, 0.25) is 0 Å². The van der Waals surface area contributed by atoms with Gasteiger partial charge in [0.15, 0.2) is 0 Å². The third-order valence-corrected chi connectivity index (χ3v) is 4.05. The van der Waals surface area contributed by atoms with Gasteiger partial charge in [0.05, 0.1) is 5.69 Å². The maximum atomic E-state index is 4.38. The van der Waals surface area contributed by atoms with E-state index in [1.165, 1.54) is 76.4 Å². The summed E-state index contributed by atoms with van der Waals surface area (Å²) in [4.78, 5) is 6.76. The van der Waals surface area contributed by atoms with Gasteiger partial charge in [0.25, 0.3) is 0 Å². The molecule has 0 saturated carbocycles. The Kier molecular flexibility index (Phi) is 11.1. The average molecular weight is 290 g/mol. The Morgan fingerprint density at radius 1 is 0.857 bits per heavy atom. The zero-order chi connectivity index (χ0) is 15.2. The molecule has 120 valence electrons. The Balaban J connectivity index is 1.87. The van der Waals surface area contributed by atoms with E-state index in [2.05, 4.69) is 36.0 Å². The zero-order valence-corrected chi connectivity index (χ0v) is 14.2. The predicted molar refractivity (Wildman–Crippen MR) is 92.4 cm³/mol. The van der Waals surface area contributed by atoms with E-state index >= 15 is 0 Å². The van der Waals surface area contributed by atoms with Crippen molar-refractivity contribution in [3.05, 3.63) is 30.1 Å². The number of hydrogen-bond acceptors (Lipinski definition) is 2. The van der Waals surface area contributed by atoms with Gasteiger partial charge in [0.1, 0.15) is 0 Å². The molecule has 1 heterocycles. The first-order valence-corrected chi connectivity index (χ1v) is 8.91. The van der Waals surface area contributed by atoms with Gasteiger partial charge in [-0.05, 0) is 32.1 Å². The highest BCUT2D eigenvalue weighted by atomic mass is 15.1. The normalized spacial score (nSPS) is 11.2. The van der Waals surface area contributed by atoms with Crippen LogP contribution in [0.3, 0.4) is 0 Å². The van der Waals surface area contributed by atoms with Crippen LogP contribution in [0, 0.1) is 0 Å². The van der Waals surface area contributed by atoms with Crippen molar-refractivity contribution < 1.29 is 0 Å². The second kappa shape index (κ2) is 12.8. The Hall–Kier alpha value is -0.890. The molecule has 0 aliphatic carbocycles. The van der Waals surface area contributed by atoms with Gasteiger partial charge < -0.3 is 4.90 Å². The van der Waals surface area contributed by atoms with Gasteiger partial charge in [0, 0.05) is 12.7 Å². The number of hydrogen-bond donors (Lipinski definition) is 0. The van der Waals surface area contributed by atoms with Crippen LogP contribution < -0.4 is 0 Å². The summed E-state index contributed by atoms with van der Waals surface area (Å²) < 4.78 is 0. The topological polar surface area (TPSA) is 16.1 Å². The van der Waals surface area contributed by atoms with Crippen LogP contribution >= 0.6 is 0 Å². The molecule has 0 aromatic carbocycles. The Labute approximate surface area is 132 Å². The lowest BCUT2D eigenvalue weighted by Gasteiger charge is -2.15. The average Bonchev–Trinajstić information content (AvgIpc) is 2.50. The van der Waals surface area contributed by atoms with Crippen LogP contribution in [0.25, 0.3) is 0 Å². The van der Waals surface area contributed by atoms with E-state index in [1.54, 1.807) is 0 Å². The molecule has 0 spiro atoms. The lowest BCUT2D eigenvalue weighted by Crippen LogP contribution is -2.19. The fraction of sp³-hybridized carbons (Fsp3) is 0.737. The van der Waals surface area contributed by atoms with Gasteiger partial charge in [0.2, 0.25) is 0 Å². The molecule has 0 unspecified atom stereocenters. The minimum Gasteiger partial charge on any atom is -0.301 e. The summed E-state index contributed by atoms with van der Waals surface area (Å²) >= 11 is 0. The molecular weight excluding hydrogens is 256 g/mol. The molecule has 0 radical (unpaired) electrons. The van der Waals surface area contributed by atoms with Gasteiger partial charge >= 0.3 is 0 Å². The summed E-state index contributed by atoms with van der Waals surface area (Å²) in [6, 6.07) is 6.15. The second-order valence-corrected chi connectivity index (χ2v) is 6.24. The molecule has 0 aliphatic rings. The van der Waals surface area contributed by atoms with Crippen molar-refractivity contribution in [2.24, 2.45) is 0 Å². The lowest BCUT2D eigenvalue weighted by atomic mass is 10.1. The summed E-state index contributed by atoms with van der Waals surface area (Å²) in [7, 11) is 2.20. The van der Waals surface area contributed by atoms with Gasteiger partial charge in [-0.1, -0.05) is 70.8 Å². The Bertz CT molecular complexity index is 324. The zero-order valence-electron chi connectivity index (χ0n) is 14.2. The third kappa shape index (κ3) is 10.5. The van der Waals surface area contributed by atoms with Crippen molar-refractivity contribution in [1.29, 1.82) is 0 Å². The molecule has 0 amide bonds. The third-order valence-electron chi connectivity index (χ3n) is 4.05. The van der Waals surface area contributed by atoms with Crippen LogP contribution in [0.1, 0.15) is 76.8 Å². The molecule has 1 aromatic rings. The first kappa shape index (κ1) is 18.2. The van der Waals surface area contributed by atoms with Gasteiger partial charge in [-0.3, -0.25) is 4.98 Å². The minimum atomic E-state index is 0.971. The predicted octanol–water partition coefficient (Wildman–Crippen LogP) is 5.43. The van der Waals surface area contributed by atoms with Gasteiger partial charge in [-0.2, -0.15) is 0 Å². The van der Waals surface area contributed by atoms with Crippen molar-refractivity contribution in [2.75, 3.05) is 13.6 Å². The monoisotopic (exact) mass is 290 g/mol. The Morgan fingerprint density at radius 2 is 1.48 bits per heavy atom. The van der Waals surface area contributed by atoms with E-state index in [4.69, 9.17) is 0 Å². The second-order valence-electron chi connectivity index (χ2n) is 6.24. The number of unbranched alkanes of at least 4 members (excludes halogenated alkanes) is 9. The van der Waals surface area contributed by atoms with Crippen molar-refractivity contribution in [3.63, 3.8) is 0 Å². The molecular formula is C19H34N2.